The number of ketones is 1. The molecule has 1 unspecified atom stereocenters. The Labute approximate surface area is 82.9 Å². The van der Waals surface area contributed by atoms with Gasteiger partial charge in [-0.25, -0.2) is 4.98 Å². The maximum atomic E-state index is 11.9. The highest BCUT2D eigenvalue weighted by Crippen LogP contribution is 2.18. The topological polar surface area (TPSA) is 44.1 Å². The average molecular weight is 194 g/mol. The number of ether oxygens (including phenoxy) is 1. The first-order valence-corrected chi connectivity index (χ1v) is 4.87. The molecule has 1 aliphatic heterocycles. The standard InChI is InChI=1S/C10H14N2O2/c1-12-7-11-5-9(12)10(13)8-3-2-4-14-6-8/h5,7-8H,2-4,6H2,1H3. The number of carbonyl (C=O) groups excluding carboxylic acids is 1. The first-order chi connectivity index (χ1) is 6.79. The quantitative estimate of drug-likeness (QED) is 0.660. The Morgan fingerprint density at radius 1 is 1.71 bits per heavy atom. The van der Waals surface area contributed by atoms with E-state index in [-0.39, 0.29) is 11.7 Å². The van der Waals surface area contributed by atoms with E-state index in [4.69, 9.17) is 4.74 Å². The van der Waals surface area contributed by atoms with Gasteiger partial charge in [-0.2, -0.15) is 0 Å². The minimum atomic E-state index is 0.0270. The van der Waals surface area contributed by atoms with Gasteiger partial charge >= 0.3 is 0 Å². The molecule has 4 nitrogen and oxygen atoms in total. The van der Waals surface area contributed by atoms with E-state index < -0.39 is 0 Å². The van der Waals surface area contributed by atoms with E-state index in [1.807, 2.05) is 7.05 Å². The Bertz CT molecular complexity index is 327. The molecular weight excluding hydrogens is 180 g/mol. The minimum absolute atomic E-state index is 0.0270. The summed E-state index contributed by atoms with van der Waals surface area (Å²) in [5.74, 6) is 0.184. The van der Waals surface area contributed by atoms with Crippen molar-refractivity contribution in [2.24, 2.45) is 13.0 Å². The number of hydrogen-bond donors (Lipinski definition) is 0. The largest absolute Gasteiger partial charge is 0.381 e. The van der Waals surface area contributed by atoms with Crippen LogP contribution >= 0.6 is 0 Å². The number of hydrogen-bond acceptors (Lipinski definition) is 3. The van der Waals surface area contributed by atoms with Crippen molar-refractivity contribution in [3.05, 3.63) is 18.2 Å². The normalized spacial score (nSPS) is 22.2. The third-order valence-corrected chi connectivity index (χ3v) is 2.60. The summed E-state index contributed by atoms with van der Waals surface area (Å²) in [6.45, 7) is 1.35. The fourth-order valence-corrected chi connectivity index (χ4v) is 1.75. The van der Waals surface area contributed by atoms with Crippen molar-refractivity contribution in [1.82, 2.24) is 9.55 Å². The van der Waals surface area contributed by atoms with Crippen molar-refractivity contribution in [3.63, 3.8) is 0 Å². The molecule has 4 heteroatoms. The Morgan fingerprint density at radius 2 is 2.57 bits per heavy atom. The van der Waals surface area contributed by atoms with Crippen LogP contribution in [0.15, 0.2) is 12.5 Å². The van der Waals surface area contributed by atoms with Crippen LogP contribution in [0.4, 0.5) is 0 Å². The van der Waals surface area contributed by atoms with Gasteiger partial charge < -0.3 is 9.30 Å². The van der Waals surface area contributed by atoms with Gasteiger partial charge in [-0.15, -0.1) is 0 Å². The molecule has 1 atom stereocenters. The lowest BCUT2D eigenvalue weighted by molar-refractivity contribution is 0.0456. The first-order valence-electron chi connectivity index (χ1n) is 4.87. The van der Waals surface area contributed by atoms with Crippen molar-refractivity contribution in [2.45, 2.75) is 12.8 Å². The third kappa shape index (κ3) is 1.70. The Balaban J connectivity index is 2.11. The van der Waals surface area contributed by atoms with Gasteiger partial charge in [0.1, 0.15) is 5.69 Å². The second kappa shape index (κ2) is 3.92. The predicted molar refractivity (Wildman–Crippen MR) is 51.1 cm³/mol. The monoisotopic (exact) mass is 194 g/mol. The summed E-state index contributed by atoms with van der Waals surface area (Å²) >= 11 is 0. The molecule has 0 amide bonds. The van der Waals surface area contributed by atoms with E-state index in [0.717, 1.165) is 19.4 Å². The minimum Gasteiger partial charge on any atom is -0.381 e. The second-order valence-corrected chi connectivity index (χ2v) is 3.67. The highest BCUT2D eigenvalue weighted by Gasteiger charge is 2.24. The van der Waals surface area contributed by atoms with Gasteiger partial charge in [-0.1, -0.05) is 0 Å². The van der Waals surface area contributed by atoms with Crippen molar-refractivity contribution in [3.8, 4) is 0 Å². The van der Waals surface area contributed by atoms with Gasteiger partial charge in [0, 0.05) is 19.6 Å². The molecule has 1 aromatic heterocycles. The Morgan fingerprint density at radius 3 is 3.14 bits per heavy atom. The molecule has 2 heterocycles. The number of imidazole rings is 1. The van der Waals surface area contributed by atoms with Crippen LogP contribution in [0.2, 0.25) is 0 Å². The summed E-state index contributed by atoms with van der Waals surface area (Å²) in [6, 6.07) is 0. The van der Waals surface area contributed by atoms with Crippen molar-refractivity contribution >= 4 is 5.78 Å². The first kappa shape index (κ1) is 9.40. The molecule has 1 aromatic rings. The molecule has 0 aliphatic carbocycles. The van der Waals surface area contributed by atoms with Gasteiger partial charge in [-0.05, 0) is 12.8 Å². The Kier molecular flexibility index (Phi) is 2.63. The van der Waals surface area contributed by atoms with Crippen molar-refractivity contribution in [1.29, 1.82) is 0 Å². The predicted octanol–water partition coefficient (Wildman–Crippen LogP) is 1.03. The molecule has 14 heavy (non-hydrogen) atoms. The lowest BCUT2D eigenvalue weighted by atomic mass is 9.96. The lowest BCUT2D eigenvalue weighted by Gasteiger charge is -2.20. The maximum absolute atomic E-state index is 11.9. The summed E-state index contributed by atoms with van der Waals surface area (Å²) in [6.07, 6.45) is 5.19. The Hall–Kier alpha value is -1.16. The number of Topliss-reactive ketones (excluding diaryl/α,β-unsaturated/α-hetero) is 1. The average Bonchev–Trinajstić information content (AvgIpc) is 2.65. The van der Waals surface area contributed by atoms with Gasteiger partial charge in [-0.3, -0.25) is 4.79 Å². The molecule has 1 saturated heterocycles. The van der Waals surface area contributed by atoms with Crippen LogP contribution in [0, 0.1) is 5.92 Å². The summed E-state index contributed by atoms with van der Waals surface area (Å²) in [4.78, 5) is 15.9. The lowest BCUT2D eigenvalue weighted by Crippen LogP contribution is -2.26. The van der Waals surface area contributed by atoms with Crippen LogP contribution in [0.5, 0.6) is 0 Å². The van der Waals surface area contributed by atoms with E-state index in [0.29, 0.717) is 12.3 Å². The summed E-state index contributed by atoms with van der Waals surface area (Å²) < 4.78 is 7.05. The third-order valence-electron chi connectivity index (χ3n) is 2.60. The fourth-order valence-electron chi connectivity index (χ4n) is 1.75. The molecule has 2 rings (SSSR count). The smallest absolute Gasteiger partial charge is 0.186 e. The summed E-state index contributed by atoms with van der Waals surface area (Å²) in [5.41, 5.74) is 0.681. The van der Waals surface area contributed by atoms with Crippen LogP contribution in [0.25, 0.3) is 0 Å². The molecule has 0 aromatic carbocycles. The zero-order valence-electron chi connectivity index (χ0n) is 8.27. The van der Waals surface area contributed by atoms with Gasteiger partial charge in [0.25, 0.3) is 0 Å². The summed E-state index contributed by atoms with van der Waals surface area (Å²) in [5, 5.41) is 0. The molecule has 1 fully saturated rings. The maximum Gasteiger partial charge on any atom is 0.186 e. The van der Waals surface area contributed by atoms with Crippen LogP contribution in [0.3, 0.4) is 0 Å². The van der Waals surface area contributed by atoms with E-state index in [1.165, 1.54) is 0 Å². The van der Waals surface area contributed by atoms with E-state index in [9.17, 15) is 4.79 Å². The van der Waals surface area contributed by atoms with Crippen LogP contribution < -0.4 is 0 Å². The number of aryl methyl sites for hydroxylation is 1. The van der Waals surface area contributed by atoms with Crippen molar-refractivity contribution in [2.75, 3.05) is 13.2 Å². The zero-order chi connectivity index (χ0) is 9.97. The van der Waals surface area contributed by atoms with Crippen LogP contribution in [-0.4, -0.2) is 28.5 Å². The van der Waals surface area contributed by atoms with Crippen LogP contribution in [0.1, 0.15) is 23.3 Å². The van der Waals surface area contributed by atoms with E-state index in [2.05, 4.69) is 4.98 Å². The van der Waals surface area contributed by atoms with Gasteiger partial charge in [0.2, 0.25) is 0 Å². The zero-order valence-corrected chi connectivity index (χ0v) is 8.27. The molecule has 0 bridgehead atoms. The molecule has 0 radical (unpaired) electrons. The van der Waals surface area contributed by atoms with Crippen LogP contribution in [-0.2, 0) is 11.8 Å². The summed E-state index contributed by atoms with van der Waals surface area (Å²) in [7, 11) is 1.84. The van der Waals surface area contributed by atoms with Crippen molar-refractivity contribution < 1.29 is 9.53 Å². The number of aromatic nitrogens is 2. The fraction of sp³-hybridized carbons (Fsp3) is 0.600. The second-order valence-electron chi connectivity index (χ2n) is 3.67. The number of rotatable bonds is 2. The SMILES string of the molecule is Cn1cncc1C(=O)C1CCCOC1. The molecule has 76 valence electrons. The van der Waals surface area contributed by atoms with Gasteiger partial charge in [0.15, 0.2) is 5.78 Å². The molecule has 0 N–H and O–H groups in total. The number of carbonyl (C=O) groups is 1. The molecule has 0 saturated carbocycles. The van der Waals surface area contributed by atoms with Gasteiger partial charge in [0.05, 0.1) is 19.1 Å². The molecule has 0 spiro atoms. The molecular formula is C10H14N2O2. The highest BCUT2D eigenvalue weighted by atomic mass is 16.5. The molecule has 1 aliphatic rings. The van der Waals surface area contributed by atoms with E-state index in [1.54, 1.807) is 17.1 Å². The number of nitrogens with zero attached hydrogens (tertiary/aromatic N) is 2. The van der Waals surface area contributed by atoms with E-state index >= 15 is 0 Å². The highest BCUT2D eigenvalue weighted by molar-refractivity contribution is 5.96.